The minimum Gasteiger partial charge on any atom is -0.495 e. The van der Waals surface area contributed by atoms with Gasteiger partial charge in [0.2, 0.25) is 6.08 Å². The van der Waals surface area contributed by atoms with E-state index in [9.17, 15) is 4.79 Å². The van der Waals surface area contributed by atoms with Crippen molar-refractivity contribution < 1.29 is 9.53 Å². The molecule has 1 unspecified atom stereocenters. The van der Waals surface area contributed by atoms with Crippen LogP contribution in [0.1, 0.15) is 18.5 Å². The molecule has 0 saturated heterocycles. The van der Waals surface area contributed by atoms with Crippen LogP contribution in [0.4, 0.5) is 0 Å². The van der Waals surface area contributed by atoms with Gasteiger partial charge in [-0.15, -0.1) is 0 Å². The summed E-state index contributed by atoms with van der Waals surface area (Å²) >= 11 is 5.91. The number of hydrogen-bond donors (Lipinski definition) is 0. The second-order valence-corrected chi connectivity index (χ2v) is 3.20. The van der Waals surface area contributed by atoms with E-state index in [4.69, 9.17) is 16.3 Å². The largest absolute Gasteiger partial charge is 0.495 e. The number of aliphatic imine (C=N–C) groups is 1. The maximum atomic E-state index is 10.0. The van der Waals surface area contributed by atoms with E-state index in [-0.39, 0.29) is 6.04 Å². The first-order valence-corrected chi connectivity index (χ1v) is 4.47. The molecule has 1 aromatic rings. The minimum atomic E-state index is -0.226. The number of hydrogen-bond acceptors (Lipinski definition) is 3. The Morgan fingerprint density at radius 3 is 2.79 bits per heavy atom. The fourth-order valence-electron chi connectivity index (χ4n) is 1.10. The predicted molar refractivity (Wildman–Crippen MR) is 54.5 cm³/mol. The summed E-state index contributed by atoms with van der Waals surface area (Å²) in [6.45, 7) is 1.79. The van der Waals surface area contributed by atoms with Crippen LogP contribution in [0.5, 0.6) is 5.75 Å². The molecule has 74 valence electrons. The summed E-state index contributed by atoms with van der Waals surface area (Å²) in [7, 11) is 1.55. The van der Waals surface area contributed by atoms with Crippen LogP contribution in [0.3, 0.4) is 0 Å². The van der Waals surface area contributed by atoms with Crippen molar-refractivity contribution in [1.82, 2.24) is 0 Å². The third kappa shape index (κ3) is 2.34. The van der Waals surface area contributed by atoms with Gasteiger partial charge in [0.15, 0.2) is 0 Å². The zero-order valence-electron chi connectivity index (χ0n) is 7.95. The Morgan fingerprint density at radius 2 is 2.29 bits per heavy atom. The highest BCUT2D eigenvalue weighted by atomic mass is 35.5. The average Bonchev–Trinajstić information content (AvgIpc) is 2.18. The van der Waals surface area contributed by atoms with Gasteiger partial charge >= 0.3 is 0 Å². The smallest absolute Gasteiger partial charge is 0.235 e. The summed E-state index contributed by atoms with van der Waals surface area (Å²) in [5.74, 6) is 0.609. The summed E-state index contributed by atoms with van der Waals surface area (Å²) in [4.78, 5) is 13.6. The van der Waals surface area contributed by atoms with Gasteiger partial charge in [-0.25, -0.2) is 4.79 Å². The quantitative estimate of drug-likeness (QED) is 0.570. The third-order valence-corrected chi connectivity index (χ3v) is 2.20. The molecule has 3 nitrogen and oxygen atoms in total. The molecule has 4 heteroatoms. The Kier molecular flexibility index (Phi) is 3.69. The van der Waals surface area contributed by atoms with Crippen LogP contribution in [-0.2, 0) is 4.79 Å². The zero-order valence-corrected chi connectivity index (χ0v) is 8.71. The SMILES string of the molecule is COc1ccc(C(C)N=C=O)cc1Cl. The molecule has 0 N–H and O–H groups in total. The number of halogens is 1. The number of isocyanates is 1. The predicted octanol–water partition coefficient (Wildman–Crippen LogP) is 2.75. The Morgan fingerprint density at radius 1 is 1.57 bits per heavy atom. The topological polar surface area (TPSA) is 38.7 Å². The number of carbonyl (C=O) groups excluding carboxylic acids is 1. The van der Waals surface area contributed by atoms with Crippen molar-refractivity contribution >= 4 is 17.7 Å². The summed E-state index contributed by atoms with van der Waals surface area (Å²) in [5, 5.41) is 0.512. The summed E-state index contributed by atoms with van der Waals surface area (Å²) in [5.41, 5.74) is 0.860. The van der Waals surface area contributed by atoms with Crippen molar-refractivity contribution in [2.24, 2.45) is 4.99 Å². The van der Waals surface area contributed by atoms with Crippen LogP contribution < -0.4 is 4.74 Å². The molecule has 0 aliphatic carbocycles. The first-order chi connectivity index (χ1) is 6.69. The maximum Gasteiger partial charge on any atom is 0.235 e. The first kappa shape index (κ1) is 10.8. The molecule has 0 radical (unpaired) electrons. The Balaban J connectivity index is 3.01. The zero-order chi connectivity index (χ0) is 10.6. The summed E-state index contributed by atoms with van der Waals surface area (Å²) in [6.07, 6.45) is 1.51. The van der Waals surface area contributed by atoms with E-state index in [0.717, 1.165) is 5.56 Å². The van der Waals surface area contributed by atoms with E-state index in [1.807, 2.05) is 6.07 Å². The minimum absolute atomic E-state index is 0.226. The highest BCUT2D eigenvalue weighted by molar-refractivity contribution is 6.32. The van der Waals surface area contributed by atoms with Gasteiger partial charge < -0.3 is 4.74 Å². The van der Waals surface area contributed by atoms with Gasteiger partial charge in [0, 0.05) is 0 Å². The molecular formula is C10H10ClNO2. The van der Waals surface area contributed by atoms with Crippen LogP contribution in [-0.4, -0.2) is 13.2 Å². The lowest BCUT2D eigenvalue weighted by Crippen LogP contribution is -1.91. The fraction of sp³-hybridized carbons (Fsp3) is 0.300. The molecule has 0 aliphatic heterocycles. The van der Waals surface area contributed by atoms with Crippen LogP contribution in [0.2, 0.25) is 5.02 Å². The number of ether oxygens (including phenoxy) is 1. The highest BCUT2D eigenvalue weighted by Gasteiger charge is 2.06. The molecule has 0 saturated carbocycles. The Labute approximate surface area is 87.4 Å². The molecule has 1 rings (SSSR count). The van der Waals surface area contributed by atoms with E-state index < -0.39 is 0 Å². The molecule has 0 amide bonds. The molecule has 0 fully saturated rings. The number of benzene rings is 1. The van der Waals surface area contributed by atoms with Crippen molar-refractivity contribution in [3.63, 3.8) is 0 Å². The molecule has 0 bridgehead atoms. The van der Waals surface area contributed by atoms with Crippen molar-refractivity contribution in [2.45, 2.75) is 13.0 Å². The van der Waals surface area contributed by atoms with Gasteiger partial charge in [-0.05, 0) is 24.6 Å². The van der Waals surface area contributed by atoms with Gasteiger partial charge in [-0.3, -0.25) is 0 Å². The normalized spacial score (nSPS) is 11.6. The van der Waals surface area contributed by atoms with Gasteiger partial charge in [0.1, 0.15) is 5.75 Å². The lowest BCUT2D eigenvalue weighted by Gasteiger charge is -2.07. The van der Waals surface area contributed by atoms with Crippen LogP contribution >= 0.6 is 11.6 Å². The third-order valence-electron chi connectivity index (χ3n) is 1.90. The lowest BCUT2D eigenvalue weighted by atomic mass is 10.1. The summed E-state index contributed by atoms with van der Waals surface area (Å²) in [6, 6.07) is 5.06. The second kappa shape index (κ2) is 4.80. The van der Waals surface area contributed by atoms with Crippen molar-refractivity contribution in [2.75, 3.05) is 7.11 Å². The number of rotatable bonds is 3. The Hall–Kier alpha value is -1.31. The molecular weight excluding hydrogens is 202 g/mol. The molecule has 0 heterocycles. The molecule has 0 spiro atoms. The van der Waals surface area contributed by atoms with Gasteiger partial charge in [0.25, 0.3) is 0 Å². The van der Waals surface area contributed by atoms with E-state index in [2.05, 4.69) is 4.99 Å². The van der Waals surface area contributed by atoms with E-state index >= 15 is 0 Å². The maximum absolute atomic E-state index is 10.0. The monoisotopic (exact) mass is 211 g/mol. The van der Waals surface area contributed by atoms with Crippen LogP contribution in [0.15, 0.2) is 23.2 Å². The highest BCUT2D eigenvalue weighted by Crippen LogP contribution is 2.28. The van der Waals surface area contributed by atoms with E-state index in [1.54, 1.807) is 26.2 Å². The fourth-order valence-corrected chi connectivity index (χ4v) is 1.36. The second-order valence-electron chi connectivity index (χ2n) is 2.79. The molecule has 1 aromatic carbocycles. The van der Waals surface area contributed by atoms with E-state index in [1.165, 1.54) is 6.08 Å². The van der Waals surface area contributed by atoms with Gasteiger partial charge in [-0.2, -0.15) is 4.99 Å². The first-order valence-electron chi connectivity index (χ1n) is 4.09. The number of methoxy groups -OCH3 is 1. The van der Waals surface area contributed by atoms with E-state index in [0.29, 0.717) is 10.8 Å². The summed E-state index contributed by atoms with van der Waals surface area (Å²) < 4.78 is 5.00. The number of nitrogens with zero attached hydrogens (tertiary/aromatic N) is 1. The van der Waals surface area contributed by atoms with Crippen molar-refractivity contribution in [3.8, 4) is 5.75 Å². The molecule has 0 aliphatic rings. The Bertz CT molecular complexity index is 372. The van der Waals surface area contributed by atoms with Gasteiger partial charge in [0.05, 0.1) is 18.2 Å². The standard InChI is InChI=1S/C10H10ClNO2/c1-7(12-6-13)8-3-4-10(14-2)9(11)5-8/h3-5,7H,1-2H3. The van der Waals surface area contributed by atoms with Crippen LogP contribution in [0, 0.1) is 0 Å². The molecule has 14 heavy (non-hydrogen) atoms. The van der Waals surface area contributed by atoms with Crippen molar-refractivity contribution in [3.05, 3.63) is 28.8 Å². The van der Waals surface area contributed by atoms with Crippen molar-refractivity contribution in [1.29, 1.82) is 0 Å². The molecule has 0 aromatic heterocycles. The van der Waals surface area contributed by atoms with Gasteiger partial charge in [-0.1, -0.05) is 17.7 Å². The van der Waals surface area contributed by atoms with Crippen LogP contribution in [0.25, 0.3) is 0 Å². The average molecular weight is 212 g/mol. The lowest BCUT2D eigenvalue weighted by molar-refractivity contribution is 0.415. The molecule has 1 atom stereocenters.